The maximum absolute atomic E-state index is 3.45. The summed E-state index contributed by atoms with van der Waals surface area (Å²) >= 11 is 2.19. The molecule has 0 aromatic carbocycles. The van der Waals surface area contributed by atoms with Gasteiger partial charge in [0.1, 0.15) is 0 Å². The lowest BCUT2D eigenvalue weighted by Crippen LogP contribution is -2.50. The van der Waals surface area contributed by atoms with E-state index in [0.29, 0.717) is 4.75 Å². The van der Waals surface area contributed by atoms with Crippen molar-refractivity contribution in [2.24, 2.45) is 5.92 Å². The number of piperidine rings is 1. The second kappa shape index (κ2) is 5.28. The Morgan fingerprint density at radius 1 is 1.50 bits per heavy atom. The highest BCUT2D eigenvalue weighted by Crippen LogP contribution is 2.38. The average molecular weight is 242 g/mol. The van der Waals surface area contributed by atoms with E-state index >= 15 is 0 Å². The first-order chi connectivity index (χ1) is 7.63. The van der Waals surface area contributed by atoms with Crippen LogP contribution < -0.4 is 5.32 Å². The van der Waals surface area contributed by atoms with E-state index in [-0.39, 0.29) is 0 Å². The van der Waals surface area contributed by atoms with Crippen LogP contribution in [0.1, 0.15) is 33.1 Å². The van der Waals surface area contributed by atoms with E-state index in [2.05, 4.69) is 42.9 Å². The second-order valence-electron chi connectivity index (χ2n) is 5.80. The molecule has 0 radical (unpaired) electrons. The fourth-order valence-electron chi connectivity index (χ4n) is 3.24. The van der Waals surface area contributed by atoms with Crippen LogP contribution in [0.15, 0.2) is 0 Å². The molecule has 2 heterocycles. The van der Waals surface area contributed by atoms with Gasteiger partial charge in [-0.3, -0.25) is 0 Å². The quantitative estimate of drug-likeness (QED) is 0.817. The summed E-state index contributed by atoms with van der Waals surface area (Å²) in [5, 5.41) is 3.45. The molecule has 3 atom stereocenters. The second-order valence-corrected chi connectivity index (χ2v) is 7.48. The topological polar surface area (TPSA) is 15.3 Å². The molecule has 2 aliphatic heterocycles. The number of hydrogen-bond acceptors (Lipinski definition) is 3. The smallest absolute Gasteiger partial charge is 0.0259 e. The van der Waals surface area contributed by atoms with Crippen LogP contribution in [0.4, 0.5) is 0 Å². The van der Waals surface area contributed by atoms with Gasteiger partial charge >= 0.3 is 0 Å². The monoisotopic (exact) mass is 242 g/mol. The van der Waals surface area contributed by atoms with Crippen LogP contribution in [-0.4, -0.2) is 48.1 Å². The minimum absolute atomic E-state index is 0.548. The molecular weight excluding hydrogens is 216 g/mol. The first-order valence-corrected chi connectivity index (χ1v) is 7.65. The first kappa shape index (κ1) is 12.7. The molecule has 2 rings (SSSR count). The van der Waals surface area contributed by atoms with Crippen molar-refractivity contribution >= 4 is 11.8 Å². The number of hydrogen-bond donors (Lipinski definition) is 1. The molecule has 2 fully saturated rings. The van der Waals surface area contributed by atoms with Crippen molar-refractivity contribution in [2.45, 2.75) is 43.9 Å². The number of nitrogens with zero attached hydrogens (tertiary/aromatic N) is 1. The van der Waals surface area contributed by atoms with E-state index in [9.17, 15) is 0 Å². The molecule has 2 nitrogen and oxygen atoms in total. The zero-order valence-corrected chi connectivity index (χ0v) is 11.8. The minimum Gasteiger partial charge on any atom is -0.317 e. The normalized spacial score (nSPS) is 41.4. The van der Waals surface area contributed by atoms with Crippen molar-refractivity contribution in [3.8, 4) is 0 Å². The van der Waals surface area contributed by atoms with Crippen LogP contribution in [0.25, 0.3) is 0 Å². The molecule has 0 aliphatic carbocycles. The molecule has 3 unspecified atom stereocenters. The van der Waals surface area contributed by atoms with Gasteiger partial charge in [0.05, 0.1) is 0 Å². The van der Waals surface area contributed by atoms with Crippen molar-refractivity contribution in [3.05, 3.63) is 0 Å². The van der Waals surface area contributed by atoms with E-state index in [1.165, 1.54) is 44.6 Å². The summed E-state index contributed by atoms with van der Waals surface area (Å²) in [6, 6.07) is 0.736. The average Bonchev–Trinajstić information content (AvgIpc) is 2.65. The van der Waals surface area contributed by atoms with Gasteiger partial charge in [-0.1, -0.05) is 6.92 Å². The van der Waals surface area contributed by atoms with Gasteiger partial charge in [-0.25, -0.2) is 0 Å². The molecule has 2 saturated heterocycles. The standard InChI is InChI=1S/C13H26N2S/c1-11-9-15(7-5-12(11)14-3)10-13(2)6-4-8-16-13/h11-12,14H,4-10H2,1-3H3. The van der Waals surface area contributed by atoms with Crippen LogP contribution in [0.3, 0.4) is 0 Å². The van der Waals surface area contributed by atoms with Crippen LogP contribution >= 0.6 is 11.8 Å². The molecule has 0 aromatic heterocycles. The van der Waals surface area contributed by atoms with Crippen molar-refractivity contribution in [1.82, 2.24) is 10.2 Å². The predicted octanol–water partition coefficient (Wildman–Crippen LogP) is 2.20. The Morgan fingerprint density at radius 2 is 2.31 bits per heavy atom. The molecule has 0 amide bonds. The molecule has 3 heteroatoms. The van der Waals surface area contributed by atoms with E-state index in [4.69, 9.17) is 0 Å². The Labute approximate surface area is 105 Å². The Kier molecular flexibility index (Phi) is 4.20. The van der Waals surface area contributed by atoms with Gasteiger partial charge in [-0.05, 0) is 51.4 Å². The summed E-state index contributed by atoms with van der Waals surface area (Å²) in [6.07, 6.45) is 4.15. The van der Waals surface area contributed by atoms with E-state index in [1.807, 2.05) is 0 Å². The molecule has 0 spiro atoms. The Balaban J connectivity index is 1.83. The van der Waals surface area contributed by atoms with Crippen LogP contribution in [0.2, 0.25) is 0 Å². The molecule has 2 aliphatic rings. The molecule has 0 saturated carbocycles. The van der Waals surface area contributed by atoms with Crippen molar-refractivity contribution < 1.29 is 0 Å². The van der Waals surface area contributed by atoms with Gasteiger partial charge in [0.15, 0.2) is 0 Å². The zero-order chi connectivity index (χ0) is 11.6. The lowest BCUT2D eigenvalue weighted by molar-refractivity contribution is 0.141. The highest BCUT2D eigenvalue weighted by molar-refractivity contribution is 8.00. The lowest BCUT2D eigenvalue weighted by atomic mass is 9.93. The zero-order valence-electron chi connectivity index (χ0n) is 11.0. The Bertz CT molecular complexity index is 226. The van der Waals surface area contributed by atoms with Crippen LogP contribution in [0, 0.1) is 5.92 Å². The van der Waals surface area contributed by atoms with Gasteiger partial charge in [0.25, 0.3) is 0 Å². The molecule has 0 bridgehead atoms. The fraction of sp³-hybridized carbons (Fsp3) is 1.00. The minimum atomic E-state index is 0.548. The number of nitrogens with one attached hydrogen (secondary N) is 1. The highest BCUT2D eigenvalue weighted by atomic mass is 32.2. The van der Waals surface area contributed by atoms with Crippen molar-refractivity contribution in [1.29, 1.82) is 0 Å². The van der Waals surface area contributed by atoms with Crippen molar-refractivity contribution in [2.75, 3.05) is 32.4 Å². The van der Waals surface area contributed by atoms with E-state index in [1.54, 1.807) is 0 Å². The van der Waals surface area contributed by atoms with Crippen LogP contribution in [0.5, 0.6) is 0 Å². The number of likely N-dealkylation sites (tertiary alicyclic amines) is 1. The summed E-state index contributed by atoms with van der Waals surface area (Å²) in [6.45, 7) is 8.71. The van der Waals surface area contributed by atoms with Gasteiger partial charge < -0.3 is 10.2 Å². The molecule has 1 N–H and O–H groups in total. The molecular formula is C13H26N2S. The maximum atomic E-state index is 3.45. The highest BCUT2D eigenvalue weighted by Gasteiger charge is 2.34. The Morgan fingerprint density at radius 3 is 2.88 bits per heavy atom. The van der Waals surface area contributed by atoms with Gasteiger partial charge in [-0.15, -0.1) is 0 Å². The maximum Gasteiger partial charge on any atom is 0.0259 e. The summed E-state index contributed by atoms with van der Waals surface area (Å²) < 4.78 is 0.548. The Hall–Kier alpha value is 0.270. The third-order valence-corrected chi connectivity index (χ3v) is 5.74. The number of thioether (sulfide) groups is 1. The van der Waals surface area contributed by atoms with E-state index < -0.39 is 0 Å². The number of rotatable bonds is 3. The van der Waals surface area contributed by atoms with Crippen molar-refractivity contribution in [3.63, 3.8) is 0 Å². The SMILES string of the molecule is CNC1CCN(CC2(C)CCCS2)CC1C. The van der Waals surface area contributed by atoms with Crippen LogP contribution in [-0.2, 0) is 0 Å². The third kappa shape index (κ3) is 2.93. The third-order valence-electron chi connectivity index (χ3n) is 4.22. The largest absolute Gasteiger partial charge is 0.317 e. The van der Waals surface area contributed by atoms with E-state index in [0.717, 1.165) is 12.0 Å². The predicted molar refractivity (Wildman–Crippen MR) is 73.2 cm³/mol. The summed E-state index contributed by atoms with van der Waals surface area (Å²) in [7, 11) is 2.10. The summed E-state index contributed by atoms with van der Waals surface area (Å²) in [5.41, 5.74) is 0. The molecule has 94 valence electrons. The molecule has 16 heavy (non-hydrogen) atoms. The fourth-order valence-corrected chi connectivity index (χ4v) is 4.58. The summed E-state index contributed by atoms with van der Waals surface area (Å²) in [4.78, 5) is 2.69. The lowest BCUT2D eigenvalue weighted by Gasteiger charge is -2.40. The first-order valence-electron chi connectivity index (χ1n) is 6.66. The van der Waals surface area contributed by atoms with Gasteiger partial charge in [0, 0.05) is 23.9 Å². The molecule has 0 aromatic rings. The van der Waals surface area contributed by atoms with Gasteiger partial charge in [0.2, 0.25) is 0 Å². The van der Waals surface area contributed by atoms with Gasteiger partial charge in [-0.2, -0.15) is 11.8 Å². The summed E-state index contributed by atoms with van der Waals surface area (Å²) in [5.74, 6) is 2.17.